The first-order valence-corrected chi connectivity index (χ1v) is 10.7. The topological polar surface area (TPSA) is 59.6 Å². The van der Waals surface area contributed by atoms with Gasteiger partial charge in [0.25, 0.3) is 0 Å². The van der Waals surface area contributed by atoms with Gasteiger partial charge in [-0.3, -0.25) is 5.43 Å². The summed E-state index contributed by atoms with van der Waals surface area (Å²) < 4.78 is 8.67. The highest BCUT2D eigenvalue weighted by Gasteiger charge is 2.40. The third-order valence-corrected chi connectivity index (χ3v) is 5.98. The molecule has 3 N–H and O–H groups in total. The van der Waals surface area contributed by atoms with Gasteiger partial charge in [0.05, 0.1) is 12.2 Å². The Bertz CT molecular complexity index is 780. The lowest BCUT2D eigenvalue weighted by molar-refractivity contribution is -0.0638. The molecule has 4 atom stereocenters. The molecule has 2 aromatic carbocycles. The largest absolute Gasteiger partial charge is 0.375 e. The smallest absolute Gasteiger partial charge is 0.184 e. The van der Waals surface area contributed by atoms with E-state index in [-0.39, 0.29) is 29.2 Å². The molecule has 1 heterocycles. The van der Waals surface area contributed by atoms with Crippen LogP contribution in [-0.2, 0) is 4.74 Å². The summed E-state index contributed by atoms with van der Waals surface area (Å²) in [6, 6.07) is 16.4. The number of hydrogen-bond donors (Lipinski definition) is 2. The van der Waals surface area contributed by atoms with E-state index >= 15 is 0 Å². The van der Waals surface area contributed by atoms with Gasteiger partial charge >= 0.3 is 0 Å². The third kappa shape index (κ3) is 4.77. The van der Waals surface area contributed by atoms with Crippen LogP contribution < -0.4 is 11.2 Å². The fourth-order valence-corrected chi connectivity index (χ4v) is 4.06. The first kappa shape index (κ1) is 20.5. The maximum absolute atomic E-state index is 6.60. The summed E-state index contributed by atoms with van der Waals surface area (Å²) in [6.45, 7) is 4.25. The van der Waals surface area contributed by atoms with E-state index in [0.717, 1.165) is 25.8 Å². The average molecular weight is 511 g/mol. The lowest BCUT2D eigenvalue weighted by Crippen LogP contribution is -2.40. The second-order valence-corrected chi connectivity index (χ2v) is 8.94. The van der Waals surface area contributed by atoms with Gasteiger partial charge in [-0.25, -0.2) is 0 Å². The van der Waals surface area contributed by atoms with Crippen LogP contribution >= 0.6 is 44.1 Å². The zero-order valence-corrected chi connectivity index (χ0v) is 19.0. The molecule has 1 aliphatic heterocycles. The maximum Gasteiger partial charge on any atom is 0.184 e. The zero-order chi connectivity index (χ0) is 19.6. The molecule has 4 nitrogen and oxygen atoms in total. The molecule has 142 valence electrons. The van der Waals surface area contributed by atoms with Crippen molar-refractivity contribution in [1.82, 2.24) is 5.43 Å². The van der Waals surface area contributed by atoms with Crippen LogP contribution in [0, 0.1) is 11.8 Å². The summed E-state index contributed by atoms with van der Waals surface area (Å²) in [5.41, 5.74) is 11.6. The summed E-state index contributed by atoms with van der Waals surface area (Å²) in [7, 11) is 0. The number of rotatable bonds is 3. The summed E-state index contributed by atoms with van der Waals surface area (Å²) in [5.74, 6) is 0.157. The van der Waals surface area contributed by atoms with E-state index in [1.807, 2.05) is 24.3 Å². The van der Waals surface area contributed by atoms with Gasteiger partial charge in [-0.2, -0.15) is 5.10 Å². The van der Waals surface area contributed by atoms with E-state index in [1.54, 1.807) is 0 Å². The normalized spacial score (nSPS) is 26.7. The molecule has 1 fully saturated rings. The molecule has 3 rings (SSSR count). The molecule has 0 aromatic heterocycles. The fourth-order valence-electron chi connectivity index (χ4n) is 3.48. The highest BCUT2D eigenvalue weighted by atomic mass is 79.9. The lowest BCUT2D eigenvalue weighted by Gasteiger charge is -2.40. The summed E-state index contributed by atoms with van der Waals surface area (Å²) in [4.78, 5) is 0. The van der Waals surface area contributed by atoms with Crippen LogP contribution in [0.25, 0.3) is 0 Å². The molecule has 0 radical (unpaired) electrons. The molecular weight excluding hydrogens is 490 g/mol. The van der Waals surface area contributed by atoms with E-state index in [4.69, 9.17) is 22.7 Å². The molecule has 0 spiro atoms. The standard InChI is InChI=1S/C20H21Br2N3OS/c1-11-17(24-25-20(23)27)12(2)19(14-5-9-16(22)10-6-14)26-18(11)13-3-7-15(21)8-4-13/h3-12,18-19H,1-2H3,(H3,23,25,27)/t11-,12-,18-,19+/m1/s1. The number of hydrazone groups is 1. The Labute approximate surface area is 181 Å². The molecular formula is C20H21Br2N3OS. The Morgan fingerprint density at radius 2 is 1.33 bits per heavy atom. The van der Waals surface area contributed by atoms with Crippen molar-refractivity contribution in [3.63, 3.8) is 0 Å². The fraction of sp³-hybridized carbons (Fsp3) is 0.300. The van der Waals surface area contributed by atoms with Gasteiger partial charge in [0, 0.05) is 26.5 Å². The number of ether oxygens (including phenoxy) is 1. The second-order valence-electron chi connectivity index (χ2n) is 6.67. The molecule has 1 aliphatic rings. The van der Waals surface area contributed by atoms with E-state index < -0.39 is 0 Å². The molecule has 0 saturated carbocycles. The van der Waals surface area contributed by atoms with E-state index in [2.05, 4.69) is 80.5 Å². The first-order chi connectivity index (χ1) is 12.9. The summed E-state index contributed by atoms with van der Waals surface area (Å²) in [6.07, 6.45) is -0.232. The highest BCUT2D eigenvalue weighted by molar-refractivity contribution is 9.10. The average Bonchev–Trinajstić information content (AvgIpc) is 2.63. The molecule has 2 aromatic rings. The quantitative estimate of drug-likeness (QED) is 0.423. The molecule has 0 unspecified atom stereocenters. The Morgan fingerprint density at radius 3 is 1.70 bits per heavy atom. The van der Waals surface area contributed by atoms with E-state index in [1.165, 1.54) is 0 Å². The number of thiocarbonyl (C=S) groups is 1. The first-order valence-electron chi connectivity index (χ1n) is 8.66. The zero-order valence-electron chi connectivity index (χ0n) is 15.0. The summed E-state index contributed by atoms with van der Waals surface area (Å²) in [5, 5.41) is 4.69. The van der Waals surface area contributed by atoms with Gasteiger partial charge < -0.3 is 10.5 Å². The maximum atomic E-state index is 6.60. The van der Waals surface area contributed by atoms with Gasteiger partial charge in [0.15, 0.2) is 5.11 Å². The molecule has 7 heteroatoms. The van der Waals surface area contributed by atoms with Crippen molar-refractivity contribution in [1.29, 1.82) is 0 Å². The van der Waals surface area contributed by atoms with Crippen LogP contribution in [0.2, 0.25) is 0 Å². The molecule has 0 amide bonds. The van der Waals surface area contributed by atoms with Crippen molar-refractivity contribution < 1.29 is 4.74 Å². The number of nitrogens with zero attached hydrogens (tertiary/aromatic N) is 1. The van der Waals surface area contributed by atoms with Crippen LogP contribution in [-0.4, -0.2) is 10.8 Å². The minimum atomic E-state index is -0.116. The number of benzene rings is 2. The Kier molecular flexibility index (Phi) is 6.68. The van der Waals surface area contributed by atoms with Crippen LogP contribution in [0.1, 0.15) is 37.2 Å². The number of nitrogens with two attached hydrogens (primary N) is 1. The third-order valence-electron chi connectivity index (χ3n) is 4.83. The predicted molar refractivity (Wildman–Crippen MR) is 121 cm³/mol. The van der Waals surface area contributed by atoms with Crippen molar-refractivity contribution in [2.75, 3.05) is 0 Å². The van der Waals surface area contributed by atoms with Crippen LogP contribution in [0.5, 0.6) is 0 Å². The minimum absolute atomic E-state index is 0.0784. The molecule has 0 aliphatic carbocycles. The monoisotopic (exact) mass is 509 g/mol. The van der Waals surface area contributed by atoms with Crippen molar-refractivity contribution in [3.05, 3.63) is 68.6 Å². The minimum Gasteiger partial charge on any atom is -0.375 e. The van der Waals surface area contributed by atoms with Crippen LogP contribution in [0.4, 0.5) is 0 Å². The van der Waals surface area contributed by atoms with Crippen molar-refractivity contribution in [2.45, 2.75) is 26.1 Å². The second kappa shape index (κ2) is 8.82. The van der Waals surface area contributed by atoms with E-state index in [9.17, 15) is 0 Å². The molecule has 0 bridgehead atoms. The Balaban J connectivity index is 2.00. The number of nitrogens with one attached hydrogen (secondary N) is 1. The van der Waals surface area contributed by atoms with Crippen molar-refractivity contribution >= 4 is 54.9 Å². The molecule has 27 heavy (non-hydrogen) atoms. The van der Waals surface area contributed by atoms with Crippen molar-refractivity contribution in [2.24, 2.45) is 22.7 Å². The number of hydrogen-bond acceptors (Lipinski definition) is 3. The van der Waals surface area contributed by atoms with Gasteiger partial charge in [-0.15, -0.1) is 0 Å². The van der Waals surface area contributed by atoms with Gasteiger partial charge in [-0.1, -0.05) is 70.0 Å². The Hall–Kier alpha value is -1.28. The van der Waals surface area contributed by atoms with Gasteiger partial charge in [0.2, 0.25) is 0 Å². The van der Waals surface area contributed by atoms with Crippen molar-refractivity contribution in [3.8, 4) is 0 Å². The van der Waals surface area contributed by atoms with Gasteiger partial charge in [0.1, 0.15) is 0 Å². The molecule has 1 saturated heterocycles. The van der Waals surface area contributed by atoms with Crippen LogP contribution in [0.15, 0.2) is 62.6 Å². The highest BCUT2D eigenvalue weighted by Crippen LogP contribution is 2.44. The van der Waals surface area contributed by atoms with Gasteiger partial charge in [-0.05, 0) is 47.6 Å². The van der Waals surface area contributed by atoms with E-state index in [0.29, 0.717) is 0 Å². The van der Waals surface area contributed by atoms with Crippen LogP contribution in [0.3, 0.4) is 0 Å². The Morgan fingerprint density at radius 1 is 0.926 bits per heavy atom. The lowest BCUT2D eigenvalue weighted by atomic mass is 9.79. The summed E-state index contributed by atoms with van der Waals surface area (Å²) >= 11 is 11.9. The predicted octanol–water partition coefficient (Wildman–Crippen LogP) is 5.49. The number of halogens is 2. The SMILES string of the molecule is C[C@@H]1C(=NNC(N)=S)[C@@H](C)[C@H](c2ccc(Br)cc2)O[C@@H]1c1ccc(Br)cc1.